The van der Waals surface area contributed by atoms with Gasteiger partial charge in [-0.15, -0.1) is 0 Å². The Labute approximate surface area is 110 Å². The van der Waals surface area contributed by atoms with Crippen molar-refractivity contribution in [1.82, 2.24) is 15.3 Å². The Morgan fingerprint density at radius 3 is 2.33 bits per heavy atom. The number of hydrogen-bond acceptors (Lipinski definition) is 3. The van der Waals surface area contributed by atoms with E-state index < -0.39 is 0 Å². The van der Waals surface area contributed by atoms with Gasteiger partial charge in [-0.2, -0.15) is 0 Å². The highest BCUT2D eigenvalue weighted by Gasteiger charge is 2.27. The molecule has 0 spiro atoms. The van der Waals surface area contributed by atoms with Gasteiger partial charge in [0.1, 0.15) is 5.82 Å². The molecule has 1 aliphatic carbocycles. The molecule has 0 radical (unpaired) electrons. The summed E-state index contributed by atoms with van der Waals surface area (Å²) in [6.45, 7) is 8.68. The van der Waals surface area contributed by atoms with E-state index in [-0.39, 0.29) is 0 Å². The van der Waals surface area contributed by atoms with Crippen molar-refractivity contribution < 1.29 is 0 Å². The van der Waals surface area contributed by atoms with E-state index in [0.717, 1.165) is 25.3 Å². The van der Waals surface area contributed by atoms with Crippen LogP contribution in [0, 0.1) is 13.8 Å². The average Bonchev–Trinajstić information content (AvgIpc) is 3.15. The van der Waals surface area contributed by atoms with E-state index in [9.17, 15) is 0 Å². The monoisotopic (exact) mass is 247 g/mol. The summed E-state index contributed by atoms with van der Waals surface area (Å²) in [5, 5.41) is 3.44. The summed E-state index contributed by atoms with van der Waals surface area (Å²) in [6, 6.07) is 0. The van der Waals surface area contributed by atoms with Gasteiger partial charge in [-0.1, -0.05) is 6.92 Å². The molecule has 3 heteroatoms. The zero-order valence-corrected chi connectivity index (χ0v) is 11.9. The smallest absolute Gasteiger partial charge is 0.131 e. The second-order valence-corrected chi connectivity index (χ2v) is 5.36. The molecule has 1 saturated carbocycles. The van der Waals surface area contributed by atoms with Crippen LogP contribution in [0.3, 0.4) is 0 Å². The Balaban J connectivity index is 1.91. The molecule has 0 atom stereocenters. The summed E-state index contributed by atoms with van der Waals surface area (Å²) in [6.07, 6.45) is 6.03. The van der Waals surface area contributed by atoms with Gasteiger partial charge in [0.15, 0.2) is 0 Å². The van der Waals surface area contributed by atoms with Crippen LogP contribution >= 0.6 is 0 Å². The quantitative estimate of drug-likeness (QED) is 0.753. The molecule has 1 aromatic rings. The molecular formula is C15H25N3. The first-order chi connectivity index (χ1) is 8.72. The standard InChI is InChI=1S/C15H25N3/c1-4-9-16-10-5-6-14-11(2)17-15(13-7-8-13)18-12(14)3/h13,16H,4-10H2,1-3H3. The highest BCUT2D eigenvalue weighted by molar-refractivity contribution is 5.26. The van der Waals surface area contributed by atoms with Gasteiger partial charge in [0, 0.05) is 17.3 Å². The normalized spacial score (nSPS) is 15.1. The topological polar surface area (TPSA) is 37.8 Å². The zero-order chi connectivity index (χ0) is 13.0. The van der Waals surface area contributed by atoms with Crippen molar-refractivity contribution in [2.75, 3.05) is 13.1 Å². The molecule has 1 aromatic heterocycles. The minimum absolute atomic E-state index is 0.655. The van der Waals surface area contributed by atoms with Crippen LogP contribution < -0.4 is 5.32 Å². The number of nitrogens with one attached hydrogen (secondary N) is 1. The van der Waals surface area contributed by atoms with Gasteiger partial charge in [0.2, 0.25) is 0 Å². The zero-order valence-electron chi connectivity index (χ0n) is 11.9. The number of aromatic nitrogens is 2. The lowest BCUT2D eigenvalue weighted by atomic mass is 10.1. The molecule has 0 aliphatic heterocycles. The summed E-state index contributed by atoms with van der Waals surface area (Å²) < 4.78 is 0. The van der Waals surface area contributed by atoms with E-state index in [4.69, 9.17) is 0 Å². The van der Waals surface area contributed by atoms with Crippen molar-refractivity contribution in [2.24, 2.45) is 0 Å². The van der Waals surface area contributed by atoms with E-state index in [2.05, 4.69) is 36.1 Å². The van der Waals surface area contributed by atoms with Gasteiger partial charge in [-0.05, 0) is 64.6 Å². The first kappa shape index (κ1) is 13.5. The average molecular weight is 247 g/mol. The summed E-state index contributed by atoms with van der Waals surface area (Å²) in [5.74, 6) is 1.74. The molecule has 1 aliphatic rings. The largest absolute Gasteiger partial charge is 0.317 e. The molecule has 2 rings (SSSR count). The molecule has 1 N–H and O–H groups in total. The van der Waals surface area contributed by atoms with Gasteiger partial charge < -0.3 is 5.32 Å². The number of rotatable bonds is 7. The molecule has 0 unspecified atom stereocenters. The van der Waals surface area contributed by atoms with E-state index in [1.807, 2.05) is 0 Å². The molecule has 0 aromatic carbocycles. The third-order valence-electron chi connectivity index (χ3n) is 3.59. The Morgan fingerprint density at radius 1 is 1.11 bits per heavy atom. The molecule has 0 amide bonds. The van der Waals surface area contributed by atoms with E-state index in [1.54, 1.807) is 0 Å². The van der Waals surface area contributed by atoms with Gasteiger partial charge in [-0.3, -0.25) is 0 Å². The van der Waals surface area contributed by atoms with Crippen LogP contribution in [0.25, 0.3) is 0 Å². The second kappa shape index (κ2) is 6.28. The molecule has 1 heterocycles. The lowest BCUT2D eigenvalue weighted by Crippen LogP contribution is -2.17. The van der Waals surface area contributed by atoms with Crippen molar-refractivity contribution in [3.63, 3.8) is 0 Å². The summed E-state index contributed by atoms with van der Waals surface area (Å²) in [4.78, 5) is 9.36. The molecule has 0 bridgehead atoms. The fourth-order valence-corrected chi connectivity index (χ4v) is 2.34. The molecule has 0 saturated heterocycles. The van der Waals surface area contributed by atoms with Crippen molar-refractivity contribution in [1.29, 1.82) is 0 Å². The molecule has 100 valence electrons. The van der Waals surface area contributed by atoms with Gasteiger partial charge in [-0.25, -0.2) is 9.97 Å². The maximum absolute atomic E-state index is 4.68. The number of nitrogens with zero attached hydrogens (tertiary/aromatic N) is 2. The van der Waals surface area contributed by atoms with E-state index >= 15 is 0 Å². The Morgan fingerprint density at radius 2 is 1.78 bits per heavy atom. The first-order valence-electron chi connectivity index (χ1n) is 7.27. The molecule has 18 heavy (non-hydrogen) atoms. The predicted octanol–water partition coefficient (Wildman–Crippen LogP) is 2.90. The third-order valence-corrected chi connectivity index (χ3v) is 3.59. The van der Waals surface area contributed by atoms with Crippen LogP contribution in [0.1, 0.15) is 61.3 Å². The van der Waals surface area contributed by atoms with Crippen molar-refractivity contribution >= 4 is 0 Å². The number of hydrogen-bond donors (Lipinski definition) is 1. The Hall–Kier alpha value is -0.960. The van der Waals surface area contributed by atoms with Crippen LogP contribution in [-0.2, 0) is 6.42 Å². The maximum atomic E-state index is 4.68. The van der Waals surface area contributed by atoms with Crippen molar-refractivity contribution in [2.45, 2.75) is 58.8 Å². The Kier molecular flexibility index (Phi) is 4.70. The lowest BCUT2D eigenvalue weighted by molar-refractivity contribution is 0.635. The van der Waals surface area contributed by atoms with Crippen molar-refractivity contribution in [3.8, 4) is 0 Å². The number of aryl methyl sites for hydroxylation is 2. The first-order valence-corrected chi connectivity index (χ1v) is 7.27. The fourth-order valence-electron chi connectivity index (χ4n) is 2.34. The molecule has 3 nitrogen and oxygen atoms in total. The van der Waals surface area contributed by atoms with Crippen molar-refractivity contribution in [3.05, 3.63) is 22.8 Å². The summed E-state index contributed by atoms with van der Waals surface area (Å²) in [5.41, 5.74) is 3.75. The van der Waals surface area contributed by atoms with Crippen LogP contribution in [0.4, 0.5) is 0 Å². The Bertz CT molecular complexity index is 374. The van der Waals surface area contributed by atoms with E-state index in [1.165, 1.54) is 42.6 Å². The van der Waals surface area contributed by atoms with Crippen LogP contribution in [0.5, 0.6) is 0 Å². The molecule has 1 fully saturated rings. The van der Waals surface area contributed by atoms with Gasteiger partial charge in [0.05, 0.1) is 0 Å². The minimum atomic E-state index is 0.655. The SMILES string of the molecule is CCCNCCCc1c(C)nc(C2CC2)nc1C. The highest BCUT2D eigenvalue weighted by Crippen LogP contribution is 2.38. The van der Waals surface area contributed by atoms with Crippen LogP contribution in [0.2, 0.25) is 0 Å². The summed E-state index contributed by atoms with van der Waals surface area (Å²) in [7, 11) is 0. The predicted molar refractivity (Wildman–Crippen MR) is 75.0 cm³/mol. The minimum Gasteiger partial charge on any atom is -0.317 e. The van der Waals surface area contributed by atoms with E-state index in [0.29, 0.717) is 5.92 Å². The van der Waals surface area contributed by atoms with Crippen LogP contribution in [-0.4, -0.2) is 23.1 Å². The third kappa shape index (κ3) is 3.52. The lowest BCUT2D eigenvalue weighted by Gasteiger charge is -2.11. The van der Waals surface area contributed by atoms with Gasteiger partial charge >= 0.3 is 0 Å². The highest BCUT2D eigenvalue weighted by atomic mass is 14.9. The fraction of sp³-hybridized carbons (Fsp3) is 0.733. The van der Waals surface area contributed by atoms with Crippen LogP contribution in [0.15, 0.2) is 0 Å². The maximum Gasteiger partial charge on any atom is 0.131 e. The second-order valence-electron chi connectivity index (χ2n) is 5.36. The van der Waals surface area contributed by atoms with Gasteiger partial charge in [0.25, 0.3) is 0 Å². The molecular weight excluding hydrogens is 222 g/mol. The summed E-state index contributed by atoms with van der Waals surface area (Å²) >= 11 is 0.